The van der Waals surface area contributed by atoms with Gasteiger partial charge in [-0.15, -0.1) is 0 Å². The number of aromatic carboxylic acids is 2. The van der Waals surface area contributed by atoms with Gasteiger partial charge >= 0.3 is 11.9 Å². The summed E-state index contributed by atoms with van der Waals surface area (Å²) >= 11 is 0. The summed E-state index contributed by atoms with van der Waals surface area (Å²) in [6, 6.07) is 27.3. The van der Waals surface area contributed by atoms with E-state index in [0.29, 0.717) is 23.3 Å². The van der Waals surface area contributed by atoms with Crippen LogP contribution in [-0.2, 0) is 6.54 Å². The number of hydrogen-bond donors (Lipinski definition) is 2. The molecule has 1 aliphatic rings. The van der Waals surface area contributed by atoms with Gasteiger partial charge in [-0.3, -0.25) is 0 Å². The Bertz CT molecular complexity index is 2140. The highest BCUT2D eigenvalue weighted by Crippen LogP contribution is 2.34. The lowest BCUT2D eigenvalue weighted by Crippen LogP contribution is -3.00. The molecule has 1 aliphatic heterocycles. The fourth-order valence-electron chi connectivity index (χ4n) is 5.92. The second kappa shape index (κ2) is 14.9. The lowest BCUT2D eigenvalue weighted by atomic mass is 10.0. The Labute approximate surface area is 302 Å². The van der Waals surface area contributed by atoms with Crippen LogP contribution in [0.25, 0.3) is 45.6 Å². The maximum Gasteiger partial charge on any atom is 0.335 e. The van der Waals surface area contributed by atoms with Gasteiger partial charge in [0.1, 0.15) is 6.54 Å². The SMILES string of the molecule is CN(C)c1ccc(-c2ncc(-c3ccc(C(=O)O)cc3)o2)cc1.CN1C[N+](C)(C)Cc2cc(-c3ncc(-c4ccc(C(=O)O)cc4)o3)ccc21.[Cl-]. The molecule has 0 fully saturated rings. The highest BCUT2D eigenvalue weighted by atomic mass is 35.5. The number of rotatable bonds is 7. The van der Waals surface area contributed by atoms with E-state index in [1.165, 1.54) is 11.3 Å². The average molecular weight is 708 g/mol. The summed E-state index contributed by atoms with van der Waals surface area (Å²) in [5, 5.41) is 17.9. The lowest BCUT2D eigenvalue weighted by molar-refractivity contribution is -0.904. The van der Waals surface area contributed by atoms with Crippen LogP contribution >= 0.6 is 0 Å². The number of hydrogen-bond acceptors (Lipinski definition) is 8. The minimum Gasteiger partial charge on any atom is -1.00 e. The molecule has 0 radical (unpaired) electrons. The molecule has 0 amide bonds. The van der Waals surface area contributed by atoms with E-state index in [1.54, 1.807) is 60.9 Å². The maximum atomic E-state index is 11.0. The van der Waals surface area contributed by atoms with E-state index >= 15 is 0 Å². The van der Waals surface area contributed by atoms with Gasteiger partial charge in [-0.2, -0.15) is 0 Å². The zero-order valence-corrected chi connectivity index (χ0v) is 29.6. The Morgan fingerprint density at radius 3 is 1.63 bits per heavy atom. The molecule has 262 valence electrons. The molecule has 12 heteroatoms. The average Bonchev–Trinajstić information content (AvgIpc) is 3.79. The molecule has 11 nitrogen and oxygen atoms in total. The summed E-state index contributed by atoms with van der Waals surface area (Å²) in [6.07, 6.45) is 3.32. The van der Waals surface area contributed by atoms with E-state index in [2.05, 4.69) is 48.1 Å². The minimum absolute atomic E-state index is 0. The number of carboxylic acid groups (broad SMARTS) is 2. The number of carboxylic acids is 2. The molecule has 4 aromatic carbocycles. The van der Waals surface area contributed by atoms with Crippen molar-refractivity contribution in [3.63, 3.8) is 0 Å². The molecule has 0 bridgehead atoms. The summed E-state index contributed by atoms with van der Waals surface area (Å²) in [7, 11) is 10.5. The van der Waals surface area contributed by atoms with Crippen LogP contribution in [-0.4, -0.2) is 78.5 Å². The van der Waals surface area contributed by atoms with E-state index in [1.807, 2.05) is 49.3 Å². The third-order valence-corrected chi connectivity index (χ3v) is 8.41. The zero-order chi connectivity index (χ0) is 35.6. The van der Waals surface area contributed by atoms with Crippen molar-refractivity contribution in [1.82, 2.24) is 9.97 Å². The Balaban J connectivity index is 0.000000196. The fraction of sp³-hybridized carbons (Fsp3) is 0.179. The van der Waals surface area contributed by atoms with Crippen LogP contribution in [0.1, 0.15) is 26.3 Å². The molecule has 0 spiro atoms. The number of fused-ring (bicyclic) bond motifs is 1. The first-order valence-electron chi connectivity index (χ1n) is 15.9. The van der Waals surface area contributed by atoms with Gasteiger partial charge in [-0.25, -0.2) is 19.6 Å². The molecule has 0 atom stereocenters. The highest BCUT2D eigenvalue weighted by Gasteiger charge is 2.28. The molecule has 0 unspecified atom stereocenters. The number of carbonyl (C=O) groups is 2. The van der Waals surface area contributed by atoms with Gasteiger partial charge in [-0.1, -0.05) is 24.3 Å². The predicted molar refractivity (Wildman–Crippen MR) is 192 cm³/mol. The quantitative estimate of drug-likeness (QED) is 0.229. The summed E-state index contributed by atoms with van der Waals surface area (Å²) in [6.45, 7) is 1.93. The van der Waals surface area contributed by atoms with Crippen molar-refractivity contribution in [2.24, 2.45) is 0 Å². The van der Waals surface area contributed by atoms with Crippen LogP contribution in [0.2, 0.25) is 0 Å². The Morgan fingerprint density at radius 1 is 0.706 bits per heavy atom. The maximum absolute atomic E-state index is 11.0. The van der Waals surface area contributed by atoms with E-state index in [9.17, 15) is 9.59 Å². The second-order valence-electron chi connectivity index (χ2n) is 13.0. The van der Waals surface area contributed by atoms with Crippen molar-refractivity contribution in [2.75, 3.05) is 51.7 Å². The smallest absolute Gasteiger partial charge is 0.335 e. The Kier molecular flexibility index (Phi) is 10.6. The van der Waals surface area contributed by atoms with Gasteiger partial charge in [0.25, 0.3) is 0 Å². The molecular formula is C39H38ClN5O6. The van der Waals surface area contributed by atoms with Gasteiger partial charge < -0.3 is 45.7 Å². The Hall–Kier alpha value is -5.91. The minimum atomic E-state index is -0.948. The molecule has 0 saturated carbocycles. The molecule has 2 aromatic heterocycles. The lowest BCUT2D eigenvalue weighted by Gasteiger charge is -2.40. The highest BCUT2D eigenvalue weighted by molar-refractivity contribution is 5.88. The van der Waals surface area contributed by atoms with Gasteiger partial charge in [0.2, 0.25) is 11.8 Å². The van der Waals surface area contributed by atoms with E-state index in [-0.39, 0.29) is 23.5 Å². The van der Waals surface area contributed by atoms with Gasteiger partial charge in [0.05, 0.1) is 37.6 Å². The molecule has 3 heterocycles. The first kappa shape index (κ1) is 36.4. The molecular weight excluding hydrogens is 670 g/mol. The largest absolute Gasteiger partial charge is 1.00 e. The third-order valence-electron chi connectivity index (χ3n) is 8.41. The molecule has 51 heavy (non-hydrogen) atoms. The number of quaternary nitrogens is 1. The van der Waals surface area contributed by atoms with Crippen molar-refractivity contribution in [1.29, 1.82) is 0 Å². The summed E-state index contributed by atoms with van der Waals surface area (Å²) in [5.41, 5.74) is 7.54. The fourth-order valence-corrected chi connectivity index (χ4v) is 5.92. The molecule has 6 aromatic rings. The van der Waals surface area contributed by atoms with Gasteiger partial charge in [0.15, 0.2) is 18.2 Å². The van der Waals surface area contributed by atoms with Crippen LogP contribution < -0.4 is 22.2 Å². The number of halogens is 1. The van der Waals surface area contributed by atoms with Crippen LogP contribution in [0, 0.1) is 0 Å². The van der Waals surface area contributed by atoms with Gasteiger partial charge in [-0.05, 0) is 66.7 Å². The number of benzene rings is 4. The molecule has 2 N–H and O–H groups in total. The first-order valence-corrected chi connectivity index (χ1v) is 15.9. The van der Waals surface area contributed by atoms with Crippen molar-refractivity contribution in [3.8, 4) is 45.6 Å². The van der Waals surface area contributed by atoms with E-state index in [0.717, 1.165) is 45.6 Å². The van der Waals surface area contributed by atoms with Crippen molar-refractivity contribution >= 4 is 23.3 Å². The Morgan fingerprint density at radius 2 is 1.16 bits per heavy atom. The number of aromatic nitrogens is 2. The second-order valence-corrected chi connectivity index (χ2v) is 13.0. The zero-order valence-electron chi connectivity index (χ0n) is 28.9. The van der Waals surface area contributed by atoms with Gasteiger partial charge in [0, 0.05) is 60.3 Å². The van der Waals surface area contributed by atoms with Crippen LogP contribution in [0.5, 0.6) is 0 Å². The number of oxazole rings is 2. The van der Waals surface area contributed by atoms with Crippen LogP contribution in [0.15, 0.2) is 112 Å². The topological polar surface area (TPSA) is 133 Å². The molecule has 0 saturated heterocycles. The first-order chi connectivity index (χ1) is 23.9. The number of anilines is 2. The predicted octanol–water partition coefficient (Wildman–Crippen LogP) is 4.47. The molecule has 0 aliphatic carbocycles. The standard InChI is InChI=1S/C21H21N3O3.C18H16N2O3.ClH/c1-23-13-24(2,3)12-17-10-16(8-9-18(17)23)20-22-11-19(27-20)14-4-6-15(7-5-14)21(25)26;1-20(2)15-9-7-13(8-10-15)17-19-11-16(23-17)12-3-5-14(6-4-12)18(21)22;/h4-11H,12-13H2,1-3H3;3-11H,1-2H3,(H,21,22);1H. The van der Waals surface area contributed by atoms with Crippen molar-refractivity contribution in [3.05, 3.63) is 120 Å². The van der Waals surface area contributed by atoms with Crippen molar-refractivity contribution < 1.29 is 45.5 Å². The van der Waals surface area contributed by atoms with E-state index < -0.39 is 11.9 Å². The van der Waals surface area contributed by atoms with E-state index in [4.69, 9.17) is 19.0 Å². The summed E-state index contributed by atoms with van der Waals surface area (Å²) < 4.78 is 12.6. The monoisotopic (exact) mass is 707 g/mol. The normalized spacial score (nSPS) is 12.9. The summed E-state index contributed by atoms with van der Waals surface area (Å²) in [4.78, 5) is 34.9. The van der Waals surface area contributed by atoms with Crippen LogP contribution in [0.3, 0.4) is 0 Å². The van der Waals surface area contributed by atoms with Crippen molar-refractivity contribution in [2.45, 2.75) is 6.54 Å². The van der Waals surface area contributed by atoms with Crippen LogP contribution in [0.4, 0.5) is 11.4 Å². The number of nitrogens with zero attached hydrogens (tertiary/aromatic N) is 5. The molecule has 7 rings (SSSR count). The third kappa shape index (κ3) is 8.29. The summed E-state index contributed by atoms with van der Waals surface area (Å²) in [5.74, 6) is 0.429.